The van der Waals surface area contributed by atoms with Crippen LogP contribution in [0.2, 0.25) is 5.02 Å². The first-order chi connectivity index (χ1) is 15.8. The lowest BCUT2D eigenvalue weighted by molar-refractivity contribution is -0.120. The third-order valence-electron chi connectivity index (χ3n) is 5.47. The Balaban J connectivity index is 1.63. The predicted molar refractivity (Wildman–Crippen MR) is 130 cm³/mol. The topological polar surface area (TPSA) is 108 Å². The van der Waals surface area contributed by atoms with Crippen LogP contribution in [0.3, 0.4) is 0 Å². The van der Waals surface area contributed by atoms with E-state index < -0.39 is 0 Å². The van der Waals surface area contributed by atoms with Gasteiger partial charge < -0.3 is 21.3 Å². The molecule has 0 spiro atoms. The molecular weight excluding hydrogens is 440 g/mol. The molecule has 0 saturated heterocycles. The summed E-state index contributed by atoms with van der Waals surface area (Å²) in [5.74, 6) is 0.522. The van der Waals surface area contributed by atoms with Crippen molar-refractivity contribution in [2.75, 3.05) is 24.2 Å². The van der Waals surface area contributed by atoms with Crippen LogP contribution in [0.1, 0.15) is 32.6 Å². The van der Waals surface area contributed by atoms with E-state index in [0.29, 0.717) is 41.0 Å². The number of benzene rings is 2. The number of nitrogens with zero attached hydrogens (tertiary/aromatic N) is 2. The maximum absolute atomic E-state index is 12.4. The molecule has 0 fully saturated rings. The van der Waals surface area contributed by atoms with Gasteiger partial charge in [0.1, 0.15) is 5.02 Å². The molecule has 1 aliphatic rings. The molecule has 0 unspecified atom stereocenters. The number of rotatable bonds is 5. The first kappa shape index (κ1) is 22.5. The number of nitrogens with one attached hydrogen (secondary N) is 4. The minimum absolute atomic E-state index is 0.0144. The molecule has 9 heteroatoms. The largest absolute Gasteiger partial charge is 0.355 e. The third kappa shape index (κ3) is 5.06. The molecule has 2 aromatic carbocycles. The van der Waals surface area contributed by atoms with Gasteiger partial charge >= 0.3 is 0 Å². The Morgan fingerprint density at radius 1 is 1.12 bits per heavy atom. The number of amides is 2. The Hall–Kier alpha value is -3.65. The minimum Gasteiger partial charge on any atom is -0.355 e. The second-order valence-electron chi connectivity index (χ2n) is 7.98. The van der Waals surface area contributed by atoms with Crippen molar-refractivity contribution in [1.29, 1.82) is 0 Å². The Labute approximate surface area is 197 Å². The molecule has 33 heavy (non-hydrogen) atoms. The monoisotopic (exact) mass is 464 g/mol. The second kappa shape index (κ2) is 9.46. The maximum Gasteiger partial charge on any atom is 0.253 e. The van der Waals surface area contributed by atoms with Gasteiger partial charge in [-0.15, -0.1) is 0 Å². The van der Waals surface area contributed by atoms with Crippen LogP contribution in [0.4, 0.5) is 23.1 Å². The van der Waals surface area contributed by atoms with Crippen LogP contribution < -0.4 is 21.3 Å². The molecule has 0 bridgehead atoms. The van der Waals surface area contributed by atoms with Crippen molar-refractivity contribution in [2.24, 2.45) is 0 Å². The smallest absolute Gasteiger partial charge is 0.253 e. The highest BCUT2D eigenvalue weighted by Crippen LogP contribution is 2.30. The summed E-state index contributed by atoms with van der Waals surface area (Å²) in [4.78, 5) is 33.1. The zero-order valence-corrected chi connectivity index (χ0v) is 19.4. The van der Waals surface area contributed by atoms with Crippen LogP contribution >= 0.6 is 11.6 Å². The van der Waals surface area contributed by atoms with Crippen molar-refractivity contribution in [2.45, 2.75) is 26.7 Å². The van der Waals surface area contributed by atoms with Crippen LogP contribution in [0.15, 0.2) is 36.5 Å². The lowest BCUT2D eigenvalue weighted by Crippen LogP contribution is -2.24. The summed E-state index contributed by atoms with van der Waals surface area (Å²) < 4.78 is 0. The fraction of sp³-hybridized carbons (Fsp3) is 0.250. The van der Waals surface area contributed by atoms with Gasteiger partial charge in [-0.1, -0.05) is 23.7 Å². The maximum atomic E-state index is 12.4. The highest BCUT2D eigenvalue weighted by Gasteiger charge is 2.17. The van der Waals surface area contributed by atoms with Crippen LogP contribution in [0.25, 0.3) is 0 Å². The Bertz CT molecular complexity index is 1240. The summed E-state index contributed by atoms with van der Waals surface area (Å²) in [5.41, 5.74) is 5.90. The number of carbonyl (C=O) groups is 2. The van der Waals surface area contributed by atoms with Crippen molar-refractivity contribution < 1.29 is 9.59 Å². The molecule has 8 nitrogen and oxygen atoms in total. The average Bonchev–Trinajstić information content (AvgIpc) is 2.97. The quantitative estimate of drug-likeness (QED) is 0.457. The van der Waals surface area contributed by atoms with Crippen LogP contribution in [-0.2, 0) is 17.6 Å². The number of hydrogen-bond acceptors (Lipinski definition) is 6. The van der Waals surface area contributed by atoms with Crippen molar-refractivity contribution >= 4 is 46.6 Å². The fourth-order valence-electron chi connectivity index (χ4n) is 3.89. The SMILES string of the molecule is CNC(=O)c1cc(C)cc(C)c1Nc1nc(Nc2ccc3c(c2)CC(=O)NCC3)ncc1Cl. The van der Waals surface area contributed by atoms with E-state index in [-0.39, 0.29) is 11.8 Å². The zero-order valence-electron chi connectivity index (χ0n) is 18.7. The van der Waals surface area contributed by atoms with Gasteiger partial charge in [0.25, 0.3) is 5.91 Å². The molecule has 0 radical (unpaired) electrons. The summed E-state index contributed by atoms with van der Waals surface area (Å²) >= 11 is 6.37. The summed E-state index contributed by atoms with van der Waals surface area (Å²) in [6.07, 6.45) is 2.64. The van der Waals surface area contributed by atoms with E-state index in [1.54, 1.807) is 7.05 Å². The van der Waals surface area contributed by atoms with Gasteiger partial charge in [0.05, 0.1) is 23.9 Å². The molecule has 2 heterocycles. The van der Waals surface area contributed by atoms with Gasteiger partial charge in [-0.3, -0.25) is 9.59 Å². The van der Waals surface area contributed by atoms with Crippen molar-refractivity contribution in [1.82, 2.24) is 20.6 Å². The zero-order chi connectivity index (χ0) is 23.5. The highest BCUT2D eigenvalue weighted by molar-refractivity contribution is 6.33. The number of anilines is 4. The molecular formula is C24H25ClN6O2. The van der Waals surface area contributed by atoms with Gasteiger partial charge in [0.2, 0.25) is 11.9 Å². The Morgan fingerprint density at radius 2 is 1.94 bits per heavy atom. The lowest BCUT2D eigenvalue weighted by Gasteiger charge is -2.16. The van der Waals surface area contributed by atoms with Gasteiger partial charge in [-0.2, -0.15) is 4.98 Å². The number of aryl methyl sites for hydroxylation is 2. The normalized spacial score (nSPS) is 12.9. The molecule has 0 aliphatic carbocycles. The molecule has 170 valence electrons. The predicted octanol–water partition coefficient (Wildman–Crippen LogP) is 3.81. The van der Waals surface area contributed by atoms with E-state index in [2.05, 4.69) is 31.2 Å². The summed E-state index contributed by atoms with van der Waals surface area (Å²) in [7, 11) is 1.59. The molecule has 2 amide bonds. The molecule has 4 N–H and O–H groups in total. The summed E-state index contributed by atoms with van der Waals surface area (Å²) in [5, 5.41) is 12.3. The van der Waals surface area contributed by atoms with Crippen molar-refractivity contribution in [3.05, 3.63) is 69.4 Å². The molecule has 1 aromatic heterocycles. The standard InChI is InChI=1S/C24H25ClN6O2/c1-13-8-14(2)21(18(9-13)23(33)26-3)30-22-19(25)12-28-24(31-22)29-17-5-4-15-6-7-27-20(32)11-16(15)10-17/h4-5,8-10,12H,6-7,11H2,1-3H3,(H,26,33)(H,27,32)(H2,28,29,30,31). The highest BCUT2D eigenvalue weighted by atomic mass is 35.5. The fourth-order valence-corrected chi connectivity index (χ4v) is 4.03. The third-order valence-corrected chi connectivity index (χ3v) is 5.75. The number of fused-ring (bicyclic) bond motifs is 1. The molecule has 3 aromatic rings. The van der Waals surface area contributed by atoms with Crippen LogP contribution in [-0.4, -0.2) is 35.4 Å². The van der Waals surface area contributed by atoms with Crippen LogP contribution in [0.5, 0.6) is 0 Å². The average molecular weight is 465 g/mol. The van der Waals surface area contributed by atoms with E-state index >= 15 is 0 Å². The molecule has 4 rings (SSSR count). The first-order valence-electron chi connectivity index (χ1n) is 10.6. The van der Waals surface area contributed by atoms with Crippen molar-refractivity contribution in [3.8, 4) is 0 Å². The number of hydrogen-bond donors (Lipinski definition) is 4. The number of carbonyl (C=O) groups excluding carboxylic acids is 2. The van der Waals surface area contributed by atoms with Gasteiger partial charge in [0.15, 0.2) is 5.82 Å². The lowest BCUT2D eigenvalue weighted by atomic mass is 10.0. The minimum atomic E-state index is -0.207. The first-order valence-corrected chi connectivity index (χ1v) is 11.0. The number of aromatic nitrogens is 2. The van der Waals surface area contributed by atoms with E-state index in [9.17, 15) is 9.59 Å². The molecule has 0 atom stereocenters. The van der Waals surface area contributed by atoms with Gasteiger partial charge in [0, 0.05) is 19.3 Å². The van der Waals surface area contributed by atoms with Crippen LogP contribution in [0, 0.1) is 13.8 Å². The van der Waals surface area contributed by atoms with E-state index in [1.165, 1.54) is 6.20 Å². The summed E-state index contributed by atoms with van der Waals surface area (Å²) in [6, 6.07) is 9.69. The summed E-state index contributed by atoms with van der Waals surface area (Å²) in [6.45, 7) is 4.50. The van der Waals surface area contributed by atoms with Gasteiger partial charge in [-0.05, 0) is 60.7 Å². The van der Waals surface area contributed by atoms with E-state index in [4.69, 9.17) is 11.6 Å². The van der Waals surface area contributed by atoms with E-state index in [1.807, 2.05) is 44.2 Å². The Kier molecular flexibility index (Phi) is 6.46. The molecule has 1 aliphatic heterocycles. The van der Waals surface area contributed by atoms with E-state index in [0.717, 1.165) is 34.4 Å². The number of halogens is 1. The Morgan fingerprint density at radius 3 is 2.73 bits per heavy atom. The molecule has 0 saturated carbocycles. The van der Waals surface area contributed by atoms with Gasteiger partial charge in [-0.25, -0.2) is 4.98 Å². The van der Waals surface area contributed by atoms with Crippen molar-refractivity contribution in [3.63, 3.8) is 0 Å². The second-order valence-corrected chi connectivity index (χ2v) is 8.39.